The van der Waals surface area contributed by atoms with Crippen LogP contribution in [-0.2, 0) is 0 Å². The van der Waals surface area contributed by atoms with Crippen molar-refractivity contribution in [2.75, 3.05) is 13.2 Å². The molecule has 1 amide bonds. The van der Waals surface area contributed by atoms with Crippen LogP contribution >= 0.6 is 11.3 Å². The third-order valence-corrected chi connectivity index (χ3v) is 2.54. The van der Waals surface area contributed by atoms with E-state index in [1.165, 1.54) is 11.3 Å². The van der Waals surface area contributed by atoms with Crippen molar-refractivity contribution in [3.05, 3.63) is 22.4 Å². The molecule has 13 heavy (non-hydrogen) atoms. The van der Waals surface area contributed by atoms with Crippen LogP contribution in [0.4, 0.5) is 0 Å². The van der Waals surface area contributed by atoms with Gasteiger partial charge in [-0.15, -0.1) is 11.3 Å². The SMILES string of the molecule is C[C@@H](CO)CNC(=O)c1cccs1. The van der Waals surface area contributed by atoms with Gasteiger partial charge in [0.15, 0.2) is 0 Å². The van der Waals surface area contributed by atoms with Crippen LogP contribution in [0.15, 0.2) is 17.5 Å². The fraction of sp³-hybridized carbons (Fsp3) is 0.444. The number of hydrogen-bond acceptors (Lipinski definition) is 3. The second-order valence-corrected chi connectivity index (χ2v) is 3.92. The summed E-state index contributed by atoms with van der Waals surface area (Å²) in [6.45, 7) is 2.51. The van der Waals surface area contributed by atoms with Crippen LogP contribution in [0.25, 0.3) is 0 Å². The fourth-order valence-corrected chi connectivity index (χ4v) is 1.47. The highest BCUT2D eigenvalue weighted by Crippen LogP contribution is 2.07. The lowest BCUT2D eigenvalue weighted by Gasteiger charge is -2.08. The minimum absolute atomic E-state index is 0.0599. The van der Waals surface area contributed by atoms with Crippen molar-refractivity contribution in [1.82, 2.24) is 5.32 Å². The Morgan fingerprint density at radius 2 is 2.54 bits per heavy atom. The van der Waals surface area contributed by atoms with E-state index in [2.05, 4.69) is 5.32 Å². The van der Waals surface area contributed by atoms with Crippen LogP contribution in [-0.4, -0.2) is 24.2 Å². The van der Waals surface area contributed by atoms with Gasteiger partial charge >= 0.3 is 0 Å². The summed E-state index contributed by atoms with van der Waals surface area (Å²) < 4.78 is 0. The van der Waals surface area contributed by atoms with Gasteiger partial charge in [0.25, 0.3) is 5.91 Å². The Bertz CT molecular complexity index is 259. The molecular weight excluding hydrogens is 186 g/mol. The number of aliphatic hydroxyl groups excluding tert-OH is 1. The summed E-state index contributed by atoms with van der Waals surface area (Å²) in [6.07, 6.45) is 0. The van der Waals surface area contributed by atoms with Gasteiger partial charge in [-0.05, 0) is 17.4 Å². The second-order valence-electron chi connectivity index (χ2n) is 2.98. The summed E-state index contributed by atoms with van der Waals surface area (Å²) in [4.78, 5) is 12.1. The van der Waals surface area contributed by atoms with Crippen LogP contribution in [0, 0.1) is 5.92 Å². The van der Waals surface area contributed by atoms with Crippen LogP contribution in [0.1, 0.15) is 16.6 Å². The molecule has 1 heterocycles. The molecule has 0 radical (unpaired) electrons. The third kappa shape index (κ3) is 3.16. The molecule has 1 rings (SSSR count). The van der Waals surface area contributed by atoms with E-state index in [4.69, 9.17) is 5.11 Å². The van der Waals surface area contributed by atoms with Crippen LogP contribution in [0.2, 0.25) is 0 Å². The monoisotopic (exact) mass is 199 g/mol. The highest BCUT2D eigenvalue weighted by molar-refractivity contribution is 7.12. The van der Waals surface area contributed by atoms with E-state index in [1.807, 2.05) is 18.4 Å². The van der Waals surface area contributed by atoms with Crippen molar-refractivity contribution in [2.24, 2.45) is 5.92 Å². The van der Waals surface area contributed by atoms with Crippen molar-refractivity contribution in [3.8, 4) is 0 Å². The van der Waals surface area contributed by atoms with Gasteiger partial charge in [0.05, 0.1) is 4.88 Å². The Kier molecular flexibility index (Phi) is 3.92. The van der Waals surface area contributed by atoms with Crippen molar-refractivity contribution >= 4 is 17.2 Å². The molecule has 72 valence electrons. The van der Waals surface area contributed by atoms with Gasteiger partial charge < -0.3 is 10.4 Å². The molecule has 0 saturated heterocycles. The van der Waals surface area contributed by atoms with Crippen LogP contribution in [0.3, 0.4) is 0 Å². The summed E-state index contributed by atoms with van der Waals surface area (Å²) in [5.74, 6) is 0.0548. The molecule has 0 aliphatic rings. The number of carbonyl (C=O) groups is 1. The molecule has 0 fully saturated rings. The number of nitrogens with one attached hydrogen (secondary N) is 1. The van der Waals surface area contributed by atoms with E-state index < -0.39 is 0 Å². The number of hydrogen-bond donors (Lipinski definition) is 2. The van der Waals surface area contributed by atoms with Crippen LogP contribution in [0.5, 0.6) is 0 Å². The van der Waals surface area contributed by atoms with Gasteiger partial charge in [-0.25, -0.2) is 0 Å². The standard InChI is InChI=1S/C9H13NO2S/c1-7(6-11)5-10-9(12)8-3-2-4-13-8/h2-4,7,11H,5-6H2,1H3,(H,10,12)/t7-/m1/s1. The molecule has 2 N–H and O–H groups in total. The molecule has 0 aliphatic heterocycles. The summed E-state index contributed by atoms with van der Waals surface area (Å²) >= 11 is 1.42. The molecule has 1 atom stereocenters. The number of rotatable bonds is 4. The number of carbonyl (C=O) groups excluding carboxylic acids is 1. The summed E-state index contributed by atoms with van der Waals surface area (Å²) in [5.41, 5.74) is 0. The van der Waals surface area contributed by atoms with E-state index in [-0.39, 0.29) is 18.4 Å². The summed E-state index contributed by atoms with van der Waals surface area (Å²) in [6, 6.07) is 3.62. The van der Waals surface area contributed by atoms with Gasteiger partial charge in [0, 0.05) is 13.2 Å². The summed E-state index contributed by atoms with van der Waals surface area (Å²) in [7, 11) is 0. The zero-order valence-electron chi connectivity index (χ0n) is 7.49. The third-order valence-electron chi connectivity index (χ3n) is 1.67. The normalized spacial score (nSPS) is 12.5. The average molecular weight is 199 g/mol. The highest BCUT2D eigenvalue weighted by atomic mass is 32.1. The van der Waals surface area contributed by atoms with E-state index in [0.29, 0.717) is 11.4 Å². The first kappa shape index (κ1) is 10.2. The Morgan fingerprint density at radius 3 is 3.08 bits per heavy atom. The Morgan fingerprint density at radius 1 is 1.77 bits per heavy atom. The maximum atomic E-state index is 11.3. The largest absolute Gasteiger partial charge is 0.396 e. The molecule has 0 aliphatic carbocycles. The lowest BCUT2D eigenvalue weighted by molar-refractivity contribution is 0.0946. The topological polar surface area (TPSA) is 49.3 Å². The van der Waals surface area contributed by atoms with Gasteiger partial charge in [-0.3, -0.25) is 4.79 Å². The highest BCUT2D eigenvalue weighted by Gasteiger charge is 2.07. The van der Waals surface area contributed by atoms with Crippen molar-refractivity contribution < 1.29 is 9.90 Å². The van der Waals surface area contributed by atoms with E-state index in [0.717, 1.165) is 0 Å². The zero-order valence-corrected chi connectivity index (χ0v) is 8.30. The minimum atomic E-state index is -0.0599. The van der Waals surface area contributed by atoms with Gasteiger partial charge in [-0.1, -0.05) is 13.0 Å². The molecule has 0 bridgehead atoms. The Hall–Kier alpha value is -0.870. The number of amides is 1. The molecular formula is C9H13NO2S. The molecule has 3 nitrogen and oxygen atoms in total. The molecule has 0 saturated carbocycles. The van der Waals surface area contributed by atoms with Gasteiger partial charge in [-0.2, -0.15) is 0 Å². The number of thiophene rings is 1. The first-order chi connectivity index (χ1) is 6.24. The molecule has 4 heteroatoms. The molecule has 0 unspecified atom stereocenters. The first-order valence-corrected chi connectivity index (χ1v) is 5.04. The fourth-order valence-electron chi connectivity index (χ4n) is 0.826. The van der Waals surface area contributed by atoms with Crippen molar-refractivity contribution in [2.45, 2.75) is 6.92 Å². The maximum absolute atomic E-state index is 11.3. The zero-order chi connectivity index (χ0) is 9.68. The summed E-state index contributed by atoms with van der Waals surface area (Å²) in [5, 5.41) is 13.3. The molecule has 1 aromatic rings. The number of aliphatic hydroxyl groups is 1. The van der Waals surface area contributed by atoms with Gasteiger partial charge in [0.2, 0.25) is 0 Å². The molecule has 0 spiro atoms. The molecule has 1 aromatic heterocycles. The molecule has 0 aromatic carbocycles. The average Bonchev–Trinajstić information content (AvgIpc) is 2.66. The minimum Gasteiger partial charge on any atom is -0.396 e. The van der Waals surface area contributed by atoms with Gasteiger partial charge in [0.1, 0.15) is 0 Å². The van der Waals surface area contributed by atoms with E-state index in [1.54, 1.807) is 6.07 Å². The predicted octanol–water partition coefficient (Wildman–Crippen LogP) is 1.11. The van der Waals surface area contributed by atoms with Crippen molar-refractivity contribution in [1.29, 1.82) is 0 Å². The predicted molar refractivity (Wildman–Crippen MR) is 52.9 cm³/mol. The smallest absolute Gasteiger partial charge is 0.261 e. The quantitative estimate of drug-likeness (QED) is 0.763. The van der Waals surface area contributed by atoms with E-state index >= 15 is 0 Å². The van der Waals surface area contributed by atoms with Crippen LogP contribution < -0.4 is 5.32 Å². The Balaban J connectivity index is 2.35. The first-order valence-electron chi connectivity index (χ1n) is 4.16. The maximum Gasteiger partial charge on any atom is 0.261 e. The van der Waals surface area contributed by atoms with Crippen molar-refractivity contribution in [3.63, 3.8) is 0 Å². The Labute approximate surface area is 81.4 Å². The lowest BCUT2D eigenvalue weighted by Crippen LogP contribution is -2.28. The van der Waals surface area contributed by atoms with E-state index in [9.17, 15) is 4.79 Å². The second kappa shape index (κ2) is 4.99. The lowest BCUT2D eigenvalue weighted by atomic mass is 10.2.